The van der Waals surface area contributed by atoms with Crippen molar-refractivity contribution < 1.29 is 19.5 Å². The van der Waals surface area contributed by atoms with Gasteiger partial charge in [0.25, 0.3) is 0 Å². The molecule has 0 aliphatic rings. The van der Waals surface area contributed by atoms with Crippen molar-refractivity contribution >= 4 is 23.2 Å². The van der Waals surface area contributed by atoms with Crippen LogP contribution in [0, 0.1) is 12.8 Å². The second-order valence-corrected chi connectivity index (χ2v) is 0.742. The van der Waals surface area contributed by atoms with E-state index in [1.807, 2.05) is 0 Å². The Morgan fingerprint density at radius 2 is 1.20 bits per heavy atom. The maximum absolute atomic E-state index is 4.64. The van der Waals surface area contributed by atoms with Gasteiger partial charge in [-0.3, -0.25) is 0 Å². The predicted molar refractivity (Wildman–Crippen MR) is 22.4 cm³/mol. The van der Waals surface area contributed by atoms with Gasteiger partial charge in [-0.2, -0.15) is 5.34 Å². The van der Waals surface area contributed by atoms with E-state index in [1.54, 1.807) is 0 Å². The zero-order chi connectivity index (χ0) is 2.71. The average Bonchev–Trinajstić information content (AvgIpc) is 0.918. The van der Waals surface area contributed by atoms with Crippen LogP contribution in [0.4, 0.5) is 0 Å². The van der Waals surface area contributed by atoms with Crippen molar-refractivity contribution in [3.8, 4) is 0 Å². The molecule has 0 aromatic rings. The van der Waals surface area contributed by atoms with Crippen LogP contribution in [0.3, 0.4) is 0 Å². The minimum absolute atomic E-state index is 0. The SMILES string of the molecule is Cl[CH-]Cl.[CH3-].[Zn+2]. The van der Waals surface area contributed by atoms with Gasteiger partial charge in [-0.15, -0.1) is 0 Å². The molecule has 0 aromatic carbocycles. The van der Waals surface area contributed by atoms with E-state index in [2.05, 4.69) is 23.2 Å². The quantitative estimate of drug-likeness (QED) is 0.380. The topological polar surface area (TPSA) is 0 Å². The van der Waals surface area contributed by atoms with Gasteiger partial charge in [0.1, 0.15) is 0 Å². The Hall–Kier alpha value is 1.20. The fourth-order valence-corrected chi connectivity index (χ4v) is 0. The summed E-state index contributed by atoms with van der Waals surface area (Å²) in [6.07, 6.45) is 0. The Labute approximate surface area is 55.6 Å². The van der Waals surface area contributed by atoms with Crippen molar-refractivity contribution in [2.75, 3.05) is 0 Å². The second kappa shape index (κ2) is 18.9. The predicted octanol–water partition coefficient (Wildman–Crippen LogP) is 2.03. The number of hydrogen-bond acceptors (Lipinski definition) is 0. The van der Waals surface area contributed by atoms with Crippen LogP contribution in [0.2, 0.25) is 0 Å². The zero-order valence-electron chi connectivity index (χ0n) is 3.04. The van der Waals surface area contributed by atoms with Gasteiger partial charge in [0, 0.05) is 0 Å². The summed E-state index contributed by atoms with van der Waals surface area (Å²) in [5.74, 6) is 0. The summed E-state index contributed by atoms with van der Waals surface area (Å²) in [7, 11) is 0. The Bertz CT molecular complexity index is 7.61. The van der Waals surface area contributed by atoms with Crippen molar-refractivity contribution in [3.63, 3.8) is 0 Å². The maximum Gasteiger partial charge on any atom is 2.00 e. The minimum atomic E-state index is 0. The molecule has 0 N–H and O–H groups in total. The Kier molecular flexibility index (Phi) is 62.0. The standard InChI is InChI=1S/CHCl2.CH3.Zn/c2-1-3;;/h1H;1H3;/q2*-1;+2. The van der Waals surface area contributed by atoms with E-state index in [1.165, 1.54) is 0 Å². The molecule has 0 aliphatic carbocycles. The van der Waals surface area contributed by atoms with Gasteiger partial charge in [0.05, 0.1) is 0 Å². The molecule has 0 spiro atoms. The molecule has 0 rings (SSSR count). The van der Waals surface area contributed by atoms with Crippen LogP contribution in [-0.2, 0) is 19.5 Å². The Balaban J connectivity index is -0.0000000200. The largest absolute Gasteiger partial charge is 2.00 e. The second-order valence-electron chi connectivity index (χ2n) is 0.0825. The molecule has 28 valence electrons. The summed E-state index contributed by atoms with van der Waals surface area (Å²) in [5.41, 5.74) is 0. The molecular formula is C2H4Cl2Zn. The van der Waals surface area contributed by atoms with E-state index in [9.17, 15) is 0 Å². The molecule has 0 bridgehead atoms. The smallest absolute Gasteiger partial charge is 0.358 e. The molecule has 0 aromatic heterocycles. The van der Waals surface area contributed by atoms with Crippen LogP contribution in [-0.4, -0.2) is 0 Å². The third kappa shape index (κ3) is 36.9. The molecule has 0 aliphatic heterocycles. The summed E-state index contributed by atoms with van der Waals surface area (Å²) in [6, 6.07) is 0. The zero-order valence-corrected chi connectivity index (χ0v) is 7.52. The Morgan fingerprint density at radius 1 is 1.20 bits per heavy atom. The van der Waals surface area contributed by atoms with Crippen molar-refractivity contribution in [1.29, 1.82) is 0 Å². The van der Waals surface area contributed by atoms with Crippen molar-refractivity contribution in [2.45, 2.75) is 0 Å². The first-order valence-electron chi connectivity index (χ1n) is 0.436. The molecule has 0 heterocycles. The number of hydrogen-bond donors (Lipinski definition) is 0. The van der Waals surface area contributed by atoms with Gasteiger partial charge in [0.2, 0.25) is 0 Å². The molecule has 0 unspecified atom stereocenters. The van der Waals surface area contributed by atoms with Crippen LogP contribution in [0.15, 0.2) is 0 Å². The third-order valence-corrected chi connectivity index (χ3v) is 0. The molecular weight excluding hydrogens is 160 g/mol. The van der Waals surface area contributed by atoms with Crippen LogP contribution < -0.4 is 0 Å². The molecule has 0 atom stereocenters. The summed E-state index contributed by atoms with van der Waals surface area (Å²) in [6.45, 7) is 0. The molecule has 3 heteroatoms. The van der Waals surface area contributed by atoms with Crippen LogP contribution in [0.25, 0.3) is 0 Å². The summed E-state index contributed by atoms with van der Waals surface area (Å²) in [4.78, 5) is 0. The first-order valence-corrected chi connectivity index (χ1v) is 1.31. The van der Waals surface area contributed by atoms with Gasteiger partial charge < -0.3 is 30.6 Å². The summed E-state index contributed by atoms with van der Waals surface area (Å²) in [5, 5.41) is 0.944. The van der Waals surface area contributed by atoms with Crippen LogP contribution in [0.5, 0.6) is 0 Å². The molecule has 0 nitrogen and oxygen atoms in total. The molecule has 0 fully saturated rings. The first kappa shape index (κ1) is 16.4. The van der Waals surface area contributed by atoms with Crippen LogP contribution >= 0.6 is 23.2 Å². The van der Waals surface area contributed by atoms with Gasteiger partial charge in [-0.1, -0.05) is 0 Å². The minimum Gasteiger partial charge on any atom is -0.358 e. The number of rotatable bonds is 0. The van der Waals surface area contributed by atoms with E-state index in [-0.39, 0.29) is 26.9 Å². The van der Waals surface area contributed by atoms with Crippen molar-refractivity contribution in [1.82, 2.24) is 0 Å². The van der Waals surface area contributed by atoms with E-state index < -0.39 is 0 Å². The molecule has 0 radical (unpaired) electrons. The van der Waals surface area contributed by atoms with Gasteiger partial charge >= 0.3 is 19.5 Å². The monoisotopic (exact) mass is 162 g/mol. The normalized spacial score (nSPS) is 3.60. The average molecular weight is 164 g/mol. The fourth-order valence-electron chi connectivity index (χ4n) is 0. The maximum atomic E-state index is 4.64. The Morgan fingerprint density at radius 3 is 1.20 bits per heavy atom. The van der Waals surface area contributed by atoms with Crippen molar-refractivity contribution in [3.05, 3.63) is 12.8 Å². The summed E-state index contributed by atoms with van der Waals surface area (Å²) >= 11 is 9.28. The van der Waals surface area contributed by atoms with Crippen molar-refractivity contribution in [2.24, 2.45) is 0 Å². The van der Waals surface area contributed by atoms with E-state index >= 15 is 0 Å². The van der Waals surface area contributed by atoms with E-state index in [0.29, 0.717) is 0 Å². The van der Waals surface area contributed by atoms with Gasteiger partial charge in [-0.25, -0.2) is 0 Å². The van der Waals surface area contributed by atoms with Gasteiger partial charge in [-0.05, 0) is 0 Å². The van der Waals surface area contributed by atoms with Gasteiger partial charge in [0.15, 0.2) is 0 Å². The fraction of sp³-hybridized carbons (Fsp3) is 0. The molecule has 5 heavy (non-hydrogen) atoms. The van der Waals surface area contributed by atoms with E-state index in [4.69, 9.17) is 0 Å². The molecule has 0 saturated carbocycles. The molecule has 0 saturated heterocycles. The van der Waals surface area contributed by atoms with Crippen LogP contribution in [0.1, 0.15) is 0 Å². The van der Waals surface area contributed by atoms with E-state index in [0.717, 1.165) is 5.34 Å². The first-order chi connectivity index (χ1) is 1.41. The molecule has 0 amide bonds. The summed E-state index contributed by atoms with van der Waals surface area (Å²) < 4.78 is 0. The number of halogens is 2. The third-order valence-electron chi connectivity index (χ3n) is 0.